The van der Waals surface area contributed by atoms with Gasteiger partial charge in [-0.15, -0.1) is 0 Å². The van der Waals surface area contributed by atoms with Gasteiger partial charge in [0, 0.05) is 6.54 Å². The predicted molar refractivity (Wildman–Crippen MR) is 86.5 cm³/mol. The van der Waals surface area contributed by atoms with Crippen LogP contribution in [0.15, 0.2) is 6.20 Å². The van der Waals surface area contributed by atoms with Crippen molar-refractivity contribution in [1.82, 2.24) is 20.0 Å². The van der Waals surface area contributed by atoms with Gasteiger partial charge in [0.1, 0.15) is 0 Å². The van der Waals surface area contributed by atoms with E-state index in [2.05, 4.69) is 41.0 Å². The first-order valence-electron chi connectivity index (χ1n) is 8.19. The number of nitrogens with zero attached hydrogens (tertiary/aromatic N) is 3. The molecular formula is C16H27ClN4. The van der Waals surface area contributed by atoms with E-state index in [0.717, 1.165) is 42.4 Å². The molecule has 2 aliphatic carbocycles. The lowest BCUT2D eigenvalue weighted by atomic mass is 9.92. The van der Waals surface area contributed by atoms with Gasteiger partial charge in [0.2, 0.25) is 0 Å². The highest BCUT2D eigenvalue weighted by molar-refractivity contribution is 6.31. The van der Waals surface area contributed by atoms with E-state index in [1.54, 1.807) is 0 Å². The fraction of sp³-hybridized carbons (Fsp3) is 0.812. The number of nitrogens with one attached hydrogen (secondary N) is 1. The highest BCUT2D eigenvalue weighted by Crippen LogP contribution is 2.57. The maximum absolute atomic E-state index is 6.48. The normalized spacial score (nSPS) is 28.9. The summed E-state index contributed by atoms with van der Waals surface area (Å²) in [5, 5.41) is 9.01. The Morgan fingerprint density at radius 3 is 2.71 bits per heavy atom. The van der Waals surface area contributed by atoms with Crippen molar-refractivity contribution in [2.45, 2.75) is 38.8 Å². The standard InChI is InChI=1S/C16H27ClN4/c1-4-18-15(13-8-11-7-12(11)9-13)16-14(17)10-19-21(16)6-5-20(2)3/h10-13,15,18H,4-9H2,1-3H3. The summed E-state index contributed by atoms with van der Waals surface area (Å²) in [6.45, 7) is 5.04. The summed E-state index contributed by atoms with van der Waals surface area (Å²) in [7, 11) is 4.19. The molecule has 3 atom stereocenters. The Hall–Kier alpha value is -0.580. The molecule has 118 valence electrons. The molecule has 4 nitrogen and oxygen atoms in total. The fourth-order valence-electron chi connectivity index (χ4n) is 3.89. The average molecular weight is 311 g/mol. The number of fused-ring (bicyclic) bond motifs is 1. The highest BCUT2D eigenvalue weighted by Gasteiger charge is 2.48. The molecule has 3 rings (SSSR count). The first kappa shape index (κ1) is 15.3. The molecule has 1 heterocycles. The van der Waals surface area contributed by atoms with Crippen LogP contribution in [0.4, 0.5) is 0 Å². The van der Waals surface area contributed by atoms with Gasteiger partial charge in [-0.3, -0.25) is 4.68 Å². The van der Waals surface area contributed by atoms with Gasteiger partial charge in [-0.2, -0.15) is 5.10 Å². The van der Waals surface area contributed by atoms with Gasteiger partial charge in [-0.05, 0) is 57.7 Å². The molecule has 1 aromatic heterocycles. The minimum atomic E-state index is 0.361. The van der Waals surface area contributed by atoms with Gasteiger partial charge in [-0.1, -0.05) is 18.5 Å². The topological polar surface area (TPSA) is 33.1 Å². The van der Waals surface area contributed by atoms with Gasteiger partial charge in [0.05, 0.1) is 29.5 Å². The Morgan fingerprint density at radius 1 is 1.38 bits per heavy atom. The minimum Gasteiger partial charge on any atom is -0.309 e. The smallest absolute Gasteiger partial charge is 0.0834 e. The fourth-order valence-corrected chi connectivity index (χ4v) is 4.15. The second kappa shape index (κ2) is 6.27. The van der Waals surface area contributed by atoms with Crippen LogP contribution in [0.1, 0.15) is 37.9 Å². The molecule has 0 amide bonds. The number of likely N-dealkylation sites (N-methyl/N-ethyl adjacent to an activating group) is 1. The average Bonchev–Trinajstić information content (AvgIpc) is 2.89. The number of hydrogen-bond acceptors (Lipinski definition) is 3. The maximum Gasteiger partial charge on any atom is 0.0834 e. The third-order valence-corrected chi connectivity index (χ3v) is 5.35. The highest BCUT2D eigenvalue weighted by atomic mass is 35.5. The van der Waals surface area contributed by atoms with Crippen LogP contribution in [0.2, 0.25) is 5.02 Å². The van der Waals surface area contributed by atoms with Gasteiger partial charge in [0.15, 0.2) is 0 Å². The number of hydrogen-bond donors (Lipinski definition) is 1. The molecule has 0 spiro atoms. The first-order valence-corrected chi connectivity index (χ1v) is 8.57. The first-order chi connectivity index (χ1) is 10.1. The van der Waals surface area contributed by atoms with E-state index in [1.165, 1.54) is 25.0 Å². The minimum absolute atomic E-state index is 0.361. The second-order valence-corrected chi connectivity index (χ2v) is 7.33. The molecule has 3 unspecified atom stereocenters. The van der Waals surface area contributed by atoms with Crippen molar-refractivity contribution in [3.05, 3.63) is 16.9 Å². The molecule has 2 saturated carbocycles. The monoisotopic (exact) mass is 310 g/mol. The van der Waals surface area contributed by atoms with Gasteiger partial charge >= 0.3 is 0 Å². The SMILES string of the molecule is CCNC(c1c(Cl)cnn1CCN(C)C)C1CC2CC2C1. The molecule has 0 saturated heterocycles. The second-order valence-electron chi connectivity index (χ2n) is 6.93. The maximum atomic E-state index is 6.48. The molecule has 5 heteroatoms. The largest absolute Gasteiger partial charge is 0.309 e. The third kappa shape index (κ3) is 3.27. The molecule has 0 bridgehead atoms. The Balaban J connectivity index is 1.79. The molecule has 2 aliphatic rings. The zero-order valence-electron chi connectivity index (χ0n) is 13.3. The van der Waals surface area contributed by atoms with Crippen molar-refractivity contribution in [3.8, 4) is 0 Å². The number of rotatable bonds is 7. The van der Waals surface area contributed by atoms with Crippen LogP contribution in [0, 0.1) is 17.8 Å². The summed E-state index contributed by atoms with van der Waals surface area (Å²) in [5.74, 6) is 2.71. The molecule has 1 N–H and O–H groups in total. The Bertz CT molecular complexity index is 475. The number of aromatic nitrogens is 2. The van der Waals surface area contributed by atoms with Gasteiger partial charge in [0.25, 0.3) is 0 Å². The lowest BCUT2D eigenvalue weighted by molar-refractivity contribution is 0.315. The molecule has 0 aromatic carbocycles. The van der Waals surface area contributed by atoms with Crippen LogP contribution in [-0.2, 0) is 6.54 Å². The lowest BCUT2D eigenvalue weighted by Gasteiger charge is -2.27. The van der Waals surface area contributed by atoms with Crippen molar-refractivity contribution in [3.63, 3.8) is 0 Å². The summed E-state index contributed by atoms with van der Waals surface area (Å²) < 4.78 is 2.11. The molecule has 0 aliphatic heterocycles. The van der Waals surface area contributed by atoms with Crippen molar-refractivity contribution in [2.75, 3.05) is 27.2 Å². The lowest BCUT2D eigenvalue weighted by Crippen LogP contribution is -2.31. The molecule has 21 heavy (non-hydrogen) atoms. The zero-order chi connectivity index (χ0) is 15.0. The summed E-state index contributed by atoms with van der Waals surface area (Å²) in [6, 6.07) is 0.361. The molecule has 1 aromatic rings. The van der Waals surface area contributed by atoms with Crippen molar-refractivity contribution in [2.24, 2.45) is 17.8 Å². The Kier molecular flexibility index (Phi) is 4.57. The van der Waals surface area contributed by atoms with E-state index in [-0.39, 0.29) is 0 Å². The predicted octanol–water partition coefficient (Wildman–Crippen LogP) is 2.79. The van der Waals surface area contributed by atoms with E-state index >= 15 is 0 Å². The number of halogens is 1. The van der Waals surface area contributed by atoms with E-state index < -0.39 is 0 Å². The van der Waals surface area contributed by atoms with Crippen LogP contribution < -0.4 is 5.32 Å². The van der Waals surface area contributed by atoms with Crippen LogP contribution in [-0.4, -0.2) is 41.9 Å². The zero-order valence-corrected chi connectivity index (χ0v) is 14.1. The third-order valence-electron chi connectivity index (χ3n) is 5.06. The summed E-state index contributed by atoms with van der Waals surface area (Å²) in [4.78, 5) is 2.19. The summed E-state index contributed by atoms with van der Waals surface area (Å²) in [6.07, 6.45) is 5.99. The van der Waals surface area contributed by atoms with Crippen LogP contribution in [0.25, 0.3) is 0 Å². The van der Waals surface area contributed by atoms with Gasteiger partial charge < -0.3 is 10.2 Å². The Labute approximate surface area is 132 Å². The van der Waals surface area contributed by atoms with E-state index in [9.17, 15) is 0 Å². The van der Waals surface area contributed by atoms with Crippen molar-refractivity contribution < 1.29 is 0 Å². The summed E-state index contributed by atoms with van der Waals surface area (Å²) in [5.41, 5.74) is 1.20. The Morgan fingerprint density at radius 2 is 2.10 bits per heavy atom. The molecule has 2 fully saturated rings. The molecule has 0 radical (unpaired) electrons. The van der Waals surface area contributed by atoms with Crippen LogP contribution >= 0.6 is 11.6 Å². The van der Waals surface area contributed by atoms with Crippen molar-refractivity contribution in [1.29, 1.82) is 0 Å². The van der Waals surface area contributed by atoms with Gasteiger partial charge in [-0.25, -0.2) is 0 Å². The van der Waals surface area contributed by atoms with Crippen LogP contribution in [0.3, 0.4) is 0 Å². The van der Waals surface area contributed by atoms with Crippen molar-refractivity contribution >= 4 is 11.6 Å². The quantitative estimate of drug-likeness (QED) is 0.840. The molecular weight excluding hydrogens is 284 g/mol. The summed E-state index contributed by atoms with van der Waals surface area (Å²) >= 11 is 6.48. The van der Waals surface area contributed by atoms with Crippen LogP contribution in [0.5, 0.6) is 0 Å². The van der Waals surface area contributed by atoms with E-state index in [0.29, 0.717) is 6.04 Å². The van der Waals surface area contributed by atoms with E-state index in [1.807, 2.05) is 6.20 Å². The van der Waals surface area contributed by atoms with E-state index in [4.69, 9.17) is 11.6 Å².